The second-order valence-corrected chi connectivity index (χ2v) is 5.94. The SMILES string of the molecule is Cc1c(C(=O)N2CCN(C)CC2C)cnn1-c1ccc(=O)[nH]n1. The van der Waals surface area contributed by atoms with Crippen molar-refractivity contribution in [2.24, 2.45) is 0 Å². The summed E-state index contributed by atoms with van der Waals surface area (Å²) in [7, 11) is 2.06. The van der Waals surface area contributed by atoms with Gasteiger partial charge in [0.2, 0.25) is 0 Å². The van der Waals surface area contributed by atoms with Gasteiger partial charge >= 0.3 is 0 Å². The number of aromatic amines is 1. The Labute approximate surface area is 133 Å². The number of hydrogen-bond donors (Lipinski definition) is 1. The minimum atomic E-state index is -0.277. The largest absolute Gasteiger partial charge is 0.333 e. The summed E-state index contributed by atoms with van der Waals surface area (Å²) >= 11 is 0. The predicted octanol–water partition coefficient (Wildman–Crippen LogP) is 0.0401. The third kappa shape index (κ3) is 2.89. The van der Waals surface area contributed by atoms with E-state index in [1.165, 1.54) is 6.07 Å². The second-order valence-electron chi connectivity index (χ2n) is 5.94. The highest BCUT2D eigenvalue weighted by atomic mass is 16.2. The molecule has 2 aromatic heterocycles. The van der Waals surface area contributed by atoms with E-state index in [-0.39, 0.29) is 17.5 Å². The van der Waals surface area contributed by atoms with Crippen LogP contribution in [0.3, 0.4) is 0 Å². The Morgan fingerprint density at radius 2 is 2.13 bits per heavy atom. The summed E-state index contributed by atoms with van der Waals surface area (Å²) in [6.45, 7) is 6.31. The summed E-state index contributed by atoms with van der Waals surface area (Å²) in [6.07, 6.45) is 1.56. The molecule has 3 rings (SSSR count). The zero-order valence-corrected chi connectivity index (χ0v) is 13.5. The van der Waals surface area contributed by atoms with Gasteiger partial charge in [-0.1, -0.05) is 0 Å². The predicted molar refractivity (Wildman–Crippen MR) is 84.7 cm³/mol. The minimum absolute atomic E-state index is 0.0150. The molecule has 8 nitrogen and oxygen atoms in total. The fraction of sp³-hybridized carbons (Fsp3) is 0.467. The molecular weight excluding hydrogens is 296 g/mol. The van der Waals surface area contributed by atoms with Crippen LogP contribution in [0.1, 0.15) is 23.0 Å². The van der Waals surface area contributed by atoms with E-state index in [1.54, 1.807) is 16.9 Å². The fourth-order valence-corrected chi connectivity index (χ4v) is 2.90. The number of hydrogen-bond acceptors (Lipinski definition) is 5. The summed E-state index contributed by atoms with van der Waals surface area (Å²) in [5.74, 6) is 0.464. The molecule has 0 radical (unpaired) electrons. The van der Waals surface area contributed by atoms with Crippen LogP contribution in [-0.2, 0) is 0 Å². The maximum atomic E-state index is 12.8. The molecule has 3 heterocycles. The smallest absolute Gasteiger partial charge is 0.264 e. The van der Waals surface area contributed by atoms with Crippen molar-refractivity contribution in [2.75, 3.05) is 26.7 Å². The number of likely N-dealkylation sites (N-methyl/N-ethyl adjacent to an activating group) is 1. The van der Waals surface area contributed by atoms with E-state index in [9.17, 15) is 9.59 Å². The zero-order chi connectivity index (χ0) is 16.6. The molecule has 23 heavy (non-hydrogen) atoms. The van der Waals surface area contributed by atoms with Gasteiger partial charge < -0.3 is 9.80 Å². The van der Waals surface area contributed by atoms with E-state index < -0.39 is 0 Å². The molecule has 0 saturated carbocycles. The Morgan fingerprint density at radius 1 is 1.35 bits per heavy atom. The van der Waals surface area contributed by atoms with Crippen molar-refractivity contribution in [1.29, 1.82) is 0 Å². The van der Waals surface area contributed by atoms with Crippen LogP contribution in [0.2, 0.25) is 0 Å². The lowest BCUT2D eigenvalue weighted by molar-refractivity contribution is 0.0533. The molecule has 1 saturated heterocycles. The van der Waals surface area contributed by atoms with Gasteiger partial charge in [-0.25, -0.2) is 9.78 Å². The Bertz CT molecular complexity index is 760. The van der Waals surface area contributed by atoms with Crippen LogP contribution in [0.15, 0.2) is 23.1 Å². The van der Waals surface area contributed by atoms with E-state index in [2.05, 4.69) is 34.2 Å². The van der Waals surface area contributed by atoms with Crippen molar-refractivity contribution < 1.29 is 4.79 Å². The molecule has 1 unspecified atom stereocenters. The Balaban J connectivity index is 1.88. The number of nitrogens with one attached hydrogen (secondary N) is 1. The molecule has 1 N–H and O–H groups in total. The van der Waals surface area contributed by atoms with Gasteiger partial charge in [-0.3, -0.25) is 9.59 Å². The standard InChI is InChI=1S/C15H20N6O2/c1-10-9-19(3)6-7-20(10)15(23)12-8-16-21(11(12)2)13-4-5-14(22)18-17-13/h4-5,8,10H,6-7,9H2,1-3H3,(H,18,22). The van der Waals surface area contributed by atoms with Crippen molar-refractivity contribution in [2.45, 2.75) is 19.9 Å². The lowest BCUT2D eigenvalue weighted by Gasteiger charge is -2.38. The number of rotatable bonds is 2. The van der Waals surface area contributed by atoms with E-state index >= 15 is 0 Å². The second kappa shape index (κ2) is 5.96. The van der Waals surface area contributed by atoms with Gasteiger partial charge in [0.1, 0.15) is 0 Å². The van der Waals surface area contributed by atoms with Crippen molar-refractivity contribution in [1.82, 2.24) is 29.8 Å². The third-order valence-electron chi connectivity index (χ3n) is 4.21. The summed E-state index contributed by atoms with van der Waals surface area (Å²) in [5, 5.41) is 10.6. The summed E-state index contributed by atoms with van der Waals surface area (Å²) in [6, 6.07) is 3.12. The van der Waals surface area contributed by atoms with Crippen LogP contribution in [0.25, 0.3) is 5.82 Å². The fourth-order valence-electron chi connectivity index (χ4n) is 2.90. The summed E-state index contributed by atoms with van der Waals surface area (Å²) < 4.78 is 1.56. The highest BCUT2D eigenvalue weighted by Gasteiger charge is 2.28. The molecule has 122 valence electrons. The van der Waals surface area contributed by atoms with E-state index in [1.807, 2.05) is 11.8 Å². The first-order chi connectivity index (χ1) is 11.0. The van der Waals surface area contributed by atoms with Crippen LogP contribution in [0.5, 0.6) is 0 Å². The van der Waals surface area contributed by atoms with E-state index in [0.29, 0.717) is 23.6 Å². The average Bonchev–Trinajstić information content (AvgIpc) is 2.89. The highest BCUT2D eigenvalue weighted by molar-refractivity contribution is 5.95. The maximum Gasteiger partial charge on any atom is 0.264 e. The number of carbonyl (C=O) groups excluding carboxylic acids is 1. The molecule has 0 spiro atoms. The molecule has 2 aromatic rings. The Kier molecular flexibility index (Phi) is 3.99. The normalized spacial score (nSPS) is 19.1. The van der Waals surface area contributed by atoms with Crippen LogP contribution >= 0.6 is 0 Å². The molecule has 1 atom stereocenters. The molecule has 1 aliphatic heterocycles. The molecular formula is C15H20N6O2. The van der Waals surface area contributed by atoms with Gasteiger partial charge in [0.05, 0.1) is 17.5 Å². The lowest BCUT2D eigenvalue weighted by Crippen LogP contribution is -2.52. The van der Waals surface area contributed by atoms with Crippen LogP contribution in [-0.4, -0.2) is 68.4 Å². The first kappa shape index (κ1) is 15.4. The van der Waals surface area contributed by atoms with Gasteiger partial charge in [-0.05, 0) is 27.0 Å². The van der Waals surface area contributed by atoms with E-state index in [0.717, 1.165) is 13.1 Å². The number of amides is 1. The molecule has 0 aromatic carbocycles. The maximum absolute atomic E-state index is 12.8. The van der Waals surface area contributed by atoms with Crippen molar-refractivity contribution in [3.63, 3.8) is 0 Å². The van der Waals surface area contributed by atoms with Crippen LogP contribution < -0.4 is 5.56 Å². The molecule has 1 amide bonds. The molecule has 0 bridgehead atoms. The van der Waals surface area contributed by atoms with Gasteiger partial charge in [-0.15, -0.1) is 0 Å². The van der Waals surface area contributed by atoms with Gasteiger partial charge in [0, 0.05) is 31.7 Å². The summed E-state index contributed by atoms with van der Waals surface area (Å²) in [4.78, 5) is 28.0. The van der Waals surface area contributed by atoms with E-state index in [4.69, 9.17) is 0 Å². The summed E-state index contributed by atoms with van der Waals surface area (Å²) in [5.41, 5.74) is 0.996. The Morgan fingerprint density at radius 3 is 2.78 bits per heavy atom. The number of aromatic nitrogens is 4. The molecule has 1 aliphatic rings. The number of nitrogens with zero attached hydrogens (tertiary/aromatic N) is 5. The number of piperazine rings is 1. The van der Waals surface area contributed by atoms with Crippen molar-refractivity contribution >= 4 is 5.91 Å². The molecule has 0 aliphatic carbocycles. The van der Waals surface area contributed by atoms with Gasteiger partial charge in [0.15, 0.2) is 5.82 Å². The van der Waals surface area contributed by atoms with Gasteiger partial charge in [0.25, 0.3) is 11.5 Å². The Hall–Kier alpha value is -2.48. The monoisotopic (exact) mass is 316 g/mol. The quantitative estimate of drug-likeness (QED) is 0.845. The first-order valence-electron chi connectivity index (χ1n) is 7.57. The zero-order valence-electron chi connectivity index (χ0n) is 13.5. The van der Waals surface area contributed by atoms with Crippen LogP contribution in [0, 0.1) is 6.92 Å². The molecule has 1 fully saturated rings. The first-order valence-corrected chi connectivity index (χ1v) is 7.57. The minimum Gasteiger partial charge on any atom is -0.333 e. The lowest BCUT2D eigenvalue weighted by atomic mass is 10.1. The topological polar surface area (TPSA) is 87.1 Å². The molecule has 8 heteroatoms. The highest BCUT2D eigenvalue weighted by Crippen LogP contribution is 2.17. The van der Waals surface area contributed by atoms with Crippen molar-refractivity contribution in [3.05, 3.63) is 39.9 Å². The average molecular weight is 316 g/mol. The third-order valence-corrected chi connectivity index (χ3v) is 4.21. The van der Waals surface area contributed by atoms with Crippen LogP contribution in [0.4, 0.5) is 0 Å². The van der Waals surface area contributed by atoms with Crippen molar-refractivity contribution in [3.8, 4) is 5.82 Å². The number of H-pyrrole nitrogens is 1. The van der Waals surface area contributed by atoms with Gasteiger partial charge in [-0.2, -0.15) is 10.2 Å². The number of carbonyl (C=O) groups is 1.